The highest BCUT2D eigenvalue weighted by atomic mass is 79.9. The fraction of sp³-hybridized carbons (Fsp3) is 0.179. The van der Waals surface area contributed by atoms with Crippen LogP contribution in [0.3, 0.4) is 0 Å². The number of hydrogen-bond acceptors (Lipinski definition) is 3. The molecule has 0 unspecified atom stereocenters. The predicted molar refractivity (Wildman–Crippen MR) is 139 cm³/mol. The number of benzene rings is 3. The van der Waals surface area contributed by atoms with Crippen LogP contribution in [0.5, 0.6) is 0 Å². The lowest BCUT2D eigenvalue weighted by Gasteiger charge is -2.20. The van der Waals surface area contributed by atoms with E-state index in [9.17, 15) is 13.2 Å². The number of fused-ring (bicyclic) bond motifs is 1. The van der Waals surface area contributed by atoms with E-state index in [2.05, 4.69) is 111 Å². The van der Waals surface area contributed by atoms with Gasteiger partial charge in [-0.2, -0.15) is 17.7 Å². The topological polar surface area (TPSA) is 61.1 Å². The Balaban J connectivity index is 0.000000349. The number of rotatable bonds is 3. The summed E-state index contributed by atoms with van der Waals surface area (Å²) in [6.07, 6.45) is 4.77. The fourth-order valence-electron chi connectivity index (χ4n) is 4.44. The van der Waals surface area contributed by atoms with Crippen LogP contribution in [-0.2, 0) is 23.0 Å². The van der Waals surface area contributed by atoms with E-state index in [-0.39, 0.29) is 0 Å². The summed E-state index contributed by atoms with van der Waals surface area (Å²) in [7, 11) is -6.09. The molecule has 1 aromatic heterocycles. The van der Waals surface area contributed by atoms with Crippen molar-refractivity contribution in [2.75, 3.05) is 0 Å². The highest BCUT2D eigenvalue weighted by molar-refractivity contribution is 9.10. The fourth-order valence-corrected chi connectivity index (χ4v) is 4.71. The van der Waals surface area contributed by atoms with Gasteiger partial charge >= 0.3 is 5.51 Å². The number of hydrogen-bond donors (Lipinski definition) is 0. The molecule has 37 heavy (non-hydrogen) atoms. The quantitative estimate of drug-likeness (QED) is 0.147. The highest BCUT2D eigenvalue weighted by Crippen LogP contribution is 2.34. The van der Waals surface area contributed by atoms with Gasteiger partial charge < -0.3 is 4.55 Å². The number of aromatic nitrogens is 1. The summed E-state index contributed by atoms with van der Waals surface area (Å²) in [5.74, 6) is 0. The highest BCUT2D eigenvalue weighted by Gasteiger charge is 2.37. The Morgan fingerprint density at radius 3 is 1.84 bits per heavy atom. The van der Waals surface area contributed by atoms with Gasteiger partial charge in [-0.25, -0.2) is 8.42 Å². The molecule has 0 atom stereocenters. The molecular weight excluding hydrogens is 567 g/mol. The minimum absolute atomic E-state index is 1.11. The average Bonchev–Trinajstić information content (AvgIpc) is 2.88. The lowest BCUT2D eigenvalue weighted by molar-refractivity contribution is -0.593. The van der Waals surface area contributed by atoms with Gasteiger partial charge in [0.2, 0.25) is 11.4 Å². The van der Waals surface area contributed by atoms with Gasteiger partial charge in [-0.05, 0) is 54.7 Å². The second kappa shape index (κ2) is 11.2. The first-order valence-electron chi connectivity index (χ1n) is 11.6. The Morgan fingerprint density at radius 2 is 1.30 bits per heavy atom. The van der Waals surface area contributed by atoms with Gasteiger partial charge in [-0.3, -0.25) is 0 Å². The lowest BCUT2D eigenvalue weighted by atomic mass is 9.87. The summed E-state index contributed by atoms with van der Waals surface area (Å²) < 4.78 is 62.5. The van der Waals surface area contributed by atoms with Gasteiger partial charge in [-0.1, -0.05) is 64.5 Å². The van der Waals surface area contributed by atoms with Crippen molar-refractivity contribution < 1.29 is 30.7 Å². The monoisotopic (exact) mass is 589 g/mol. The van der Waals surface area contributed by atoms with Crippen LogP contribution in [0.2, 0.25) is 0 Å². The molecule has 0 saturated heterocycles. The van der Waals surface area contributed by atoms with Crippen LogP contribution in [0.15, 0.2) is 95.5 Å². The standard InChI is InChI=1S/C27H23BrN.CHF3O3S/c28-22-15-17-23(18-16-22)29-26-14-8-7-13-24(26)25(20-9-3-1-4-10-20)19-27(29)21-11-5-2-6-12-21;2-1(3,4)8(5,6)7/h1-6,9-12,15-19H,7-8,13-14H2;(H,5,6,7)/q+1;/p-1. The largest absolute Gasteiger partial charge is 0.741 e. The first-order valence-corrected chi connectivity index (χ1v) is 13.8. The zero-order valence-electron chi connectivity index (χ0n) is 19.6. The summed E-state index contributed by atoms with van der Waals surface area (Å²) in [5.41, 5.74) is 3.74. The van der Waals surface area contributed by atoms with E-state index < -0.39 is 15.6 Å². The Morgan fingerprint density at radius 1 is 0.784 bits per heavy atom. The molecule has 0 aliphatic heterocycles. The van der Waals surface area contributed by atoms with Crippen molar-refractivity contribution in [1.82, 2.24) is 0 Å². The van der Waals surface area contributed by atoms with Crippen molar-refractivity contribution in [3.8, 4) is 28.1 Å². The van der Waals surface area contributed by atoms with E-state index in [1.165, 1.54) is 52.2 Å². The van der Waals surface area contributed by atoms with Gasteiger partial charge in [0.05, 0.1) is 0 Å². The number of halogens is 4. The van der Waals surface area contributed by atoms with Crippen molar-refractivity contribution in [3.05, 3.63) is 107 Å². The molecule has 1 aliphatic carbocycles. The lowest BCUT2D eigenvalue weighted by Crippen LogP contribution is -2.41. The summed E-state index contributed by atoms with van der Waals surface area (Å²) in [6.45, 7) is 0. The normalized spacial score (nSPS) is 13.3. The van der Waals surface area contributed by atoms with E-state index in [1.54, 1.807) is 0 Å². The Labute approximate surface area is 222 Å². The second-order valence-electron chi connectivity index (χ2n) is 8.52. The molecule has 1 heterocycles. The maximum atomic E-state index is 10.7. The van der Waals surface area contributed by atoms with E-state index in [0.29, 0.717) is 0 Å². The second-order valence-corrected chi connectivity index (χ2v) is 10.8. The smallest absolute Gasteiger partial charge is 0.485 e. The van der Waals surface area contributed by atoms with Crippen molar-refractivity contribution in [1.29, 1.82) is 0 Å². The molecule has 0 radical (unpaired) electrons. The maximum absolute atomic E-state index is 10.7. The van der Waals surface area contributed by atoms with Crippen molar-refractivity contribution in [3.63, 3.8) is 0 Å². The number of alkyl halides is 3. The molecule has 3 aromatic carbocycles. The van der Waals surface area contributed by atoms with Crippen LogP contribution in [0.4, 0.5) is 13.2 Å². The zero-order chi connectivity index (χ0) is 26.6. The molecule has 0 N–H and O–H groups in total. The van der Waals surface area contributed by atoms with Crippen LogP contribution in [-0.4, -0.2) is 18.5 Å². The van der Waals surface area contributed by atoms with E-state index in [0.717, 1.165) is 17.3 Å². The zero-order valence-corrected chi connectivity index (χ0v) is 22.0. The third-order valence-electron chi connectivity index (χ3n) is 6.08. The third kappa shape index (κ3) is 6.29. The molecule has 4 nitrogen and oxygen atoms in total. The van der Waals surface area contributed by atoms with Gasteiger partial charge in [0.15, 0.2) is 15.8 Å². The van der Waals surface area contributed by atoms with Crippen LogP contribution in [0.1, 0.15) is 24.1 Å². The van der Waals surface area contributed by atoms with Crippen molar-refractivity contribution >= 4 is 26.0 Å². The summed E-state index contributed by atoms with van der Waals surface area (Å²) in [6, 6.07) is 32.7. The maximum Gasteiger partial charge on any atom is 0.485 e. The molecule has 0 fully saturated rings. The Hall–Kier alpha value is -3.01. The van der Waals surface area contributed by atoms with Gasteiger partial charge in [-0.15, -0.1) is 0 Å². The summed E-state index contributed by atoms with van der Waals surface area (Å²) >= 11 is 3.59. The van der Waals surface area contributed by atoms with Gasteiger partial charge in [0.25, 0.3) is 0 Å². The predicted octanol–water partition coefficient (Wildman–Crippen LogP) is 6.99. The van der Waals surface area contributed by atoms with Crippen molar-refractivity contribution in [2.45, 2.75) is 31.2 Å². The first-order chi connectivity index (χ1) is 17.6. The molecule has 9 heteroatoms. The molecule has 1 aliphatic rings. The first kappa shape index (κ1) is 27.0. The van der Waals surface area contributed by atoms with Gasteiger partial charge in [0.1, 0.15) is 0 Å². The van der Waals surface area contributed by atoms with E-state index in [4.69, 9.17) is 13.0 Å². The average molecular weight is 590 g/mol. The van der Waals surface area contributed by atoms with Crippen LogP contribution in [0.25, 0.3) is 28.1 Å². The third-order valence-corrected chi connectivity index (χ3v) is 7.17. The molecule has 0 saturated carbocycles. The molecule has 0 amide bonds. The molecule has 5 rings (SSSR count). The number of pyridine rings is 1. The number of nitrogens with zero attached hydrogens (tertiary/aromatic N) is 1. The molecule has 0 bridgehead atoms. The minimum atomic E-state index is -6.09. The minimum Gasteiger partial charge on any atom is -0.741 e. The summed E-state index contributed by atoms with van der Waals surface area (Å²) in [5, 5.41) is 0. The SMILES string of the molecule is Brc1ccc(-[n+]2c(-c3ccccc3)cc(-c3ccccc3)c3c2CCCC3)cc1.O=S(=O)([O-])C(F)(F)F. The molecule has 4 aromatic rings. The van der Waals surface area contributed by atoms with Crippen LogP contribution >= 0.6 is 15.9 Å². The Kier molecular flexibility index (Phi) is 8.16. The molecule has 192 valence electrons. The van der Waals surface area contributed by atoms with E-state index in [1.807, 2.05) is 0 Å². The van der Waals surface area contributed by atoms with Crippen LogP contribution < -0.4 is 4.57 Å². The van der Waals surface area contributed by atoms with Crippen molar-refractivity contribution in [2.24, 2.45) is 0 Å². The molecular formula is C28H23BrF3NO3S. The van der Waals surface area contributed by atoms with E-state index >= 15 is 0 Å². The molecule has 0 spiro atoms. The Bertz CT molecular complexity index is 1480. The summed E-state index contributed by atoms with van der Waals surface area (Å²) in [4.78, 5) is 0. The van der Waals surface area contributed by atoms with Crippen LogP contribution in [0, 0.1) is 0 Å². The van der Waals surface area contributed by atoms with Gasteiger partial charge in [0, 0.05) is 40.2 Å².